The first-order valence-electron chi connectivity index (χ1n) is 6.01. The zero-order valence-electron chi connectivity index (χ0n) is 10.3. The largest absolute Gasteiger partial charge is 0.497 e. The molecule has 0 radical (unpaired) electrons. The first-order chi connectivity index (χ1) is 8.78. The van der Waals surface area contributed by atoms with Crippen LogP contribution in [0.15, 0.2) is 29.6 Å². The van der Waals surface area contributed by atoms with Gasteiger partial charge in [-0.25, -0.2) is 0 Å². The number of fused-ring (bicyclic) bond motifs is 1. The second-order valence-corrected chi connectivity index (χ2v) is 5.47. The molecule has 2 N–H and O–H groups in total. The Balaban J connectivity index is 1.88. The Morgan fingerprint density at radius 2 is 2.22 bits per heavy atom. The molecule has 0 fully saturated rings. The molecule has 0 unspecified atom stereocenters. The molecule has 4 heteroatoms. The van der Waals surface area contributed by atoms with E-state index >= 15 is 0 Å². The van der Waals surface area contributed by atoms with Crippen LogP contribution >= 0.6 is 11.3 Å². The number of hydrogen-bond acceptors (Lipinski definition) is 4. The number of nitrogens with zero attached hydrogens (tertiary/aromatic N) is 1. The van der Waals surface area contributed by atoms with E-state index in [0.717, 1.165) is 36.6 Å². The molecule has 0 spiro atoms. The molecule has 0 amide bonds. The number of anilines is 2. The number of methoxy groups -OCH3 is 1. The van der Waals surface area contributed by atoms with E-state index < -0.39 is 0 Å². The van der Waals surface area contributed by atoms with Gasteiger partial charge in [-0.1, -0.05) is 0 Å². The fraction of sp³-hybridized carbons (Fsp3) is 0.286. The van der Waals surface area contributed by atoms with E-state index in [-0.39, 0.29) is 0 Å². The zero-order chi connectivity index (χ0) is 12.5. The standard InChI is InChI=1S/C14H16N2OS/c1-17-11-2-3-13(12(15)8-11)16-6-4-14-10(9-16)5-7-18-14/h2-3,5,7-8H,4,6,9,15H2,1H3. The van der Waals surface area contributed by atoms with Crippen LogP contribution in [0.5, 0.6) is 5.75 Å². The second-order valence-electron chi connectivity index (χ2n) is 4.47. The summed E-state index contributed by atoms with van der Waals surface area (Å²) in [7, 11) is 1.66. The van der Waals surface area contributed by atoms with Crippen molar-refractivity contribution in [2.45, 2.75) is 13.0 Å². The molecule has 1 aliphatic heterocycles. The van der Waals surface area contributed by atoms with Crippen molar-refractivity contribution in [2.75, 3.05) is 24.3 Å². The van der Waals surface area contributed by atoms with Gasteiger partial charge in [-0.3, -0.25) is 0 Å². The summed E-state index contributed by atoms with van der Waals surface area (Å²) in [6.07, 6.45) is 1.11. The van der Waals surface area contributed by atoms with Crippen molar-refractivity contribution in [1.82, 2.24) is 0 Å². The summed E-state index contributed by atoms with van der Waals surface area (Å²) in [5, 5.41) is 2.17. The summed E-state index contributed by atoms with van der Waals surface area (Å²) in [5.74, 6) is 0.810. The molecule has 0 saturated carbocycles. The molecule has 0 atom stereocenters. The highest BCUT2D eigenvalue weighted by atomic mass is 32.1. The van der Waals surface area contributed by atoms with Crippen LogP contribution in [0.25, 0.3) is 0 Å². The molecule has 18 heavy (non-hydrogen) atoms. The summed E-state index contributed by atoms with van der Waals surface area (Å²) in [5.41, 5.74) is 9.43. The maximum absolute atomic E-state index is 6.10. The molecule has 0 saturated heterocycles. The van der Waals surface area contributed by atoms with E-state index in [1.807, 2.05) is 29.5 Å². The predicted octanol–water partition coefficient (Wildman–Crippen LogP) is 2.90. The Labute approximate surface area is 111 Å². The van der Waals surface area contributed by atoms with Crippen molar-refractivity contribution in [1.29, 1.82) is 0 Å². The van der Waals surface area contributed by atoms with Crippen molar-refractivity contribution in [3.8, 4) is 5.75 Å². The van der Waals surface area contributed by atoms with Crippen molar-refractivity contribution in [3.63, 3.8) is 0 Å². The molecule has 0 bridgehead atoms. The van der Waals surface area contributed by atoms with Crippen molar-refractivity contribution in [3.05, 3.63) is 40.1 Å². The van der Waals surface area contributed by atoms with Crippen LogP contribution in [0, 0.1) is 0 Å². The second kappa shape index (κ2) is 4.53. The summed E-state index contributed by atoms with van der Waals surface area (Å²) in [6.45, 7) is 1.99. The van der Waals surface area contributed by atoms with E-state index in [1.54, 1.807) is 7.11 Å². The lowest BCUT2D eigenvalue weighted by Crippen LogP contribution is -2.29. The fourth-order valence-electron chi connectivity index (χ4n) is 2.40. The van der Waals surface area contributed by atoms with Crippen LogP contribution in [0.3, 0.4) is 0 Å². The van der Waals surface area contributed by atoms with Gasteiger partial charge in [0.2, 0.25) is 0 Å². The number of benzene rings is 1. The molecular formula is C14H16N2OS. The van der Waals surface area contributed by atoms with Crippen LogP contribution < -0.4 is 15.4 Å². The zero-order valence-corrected chi connectivity index (χ0v) is 11.2. The number of nitrogen functional groups attached to an aromatic ring is 1. The lowest BCUT2D eigenvalue weighted by Gasteiger charge is -2.30. The van der Waals surface area contributed by atoms with E-state index in [1.165, 1.54) is 10.4 Å². The number of thiophene rings is 1. The lowest BCUT2D eigenvalue weighted by molar-refractivity contribution is 0.415. The molecule has 3 nitrogen and oxygen atoms in total. The van der Waals surface area contributed by atoms with Crippen molar-refractivity contribution >= 4 is 22.7 Å². The molecule has 2 aromatic rings. The molecular weight excluding hydrogens is 244 g/mol. The van der Waals surface area contributed by atoms with Crippen molar-refractivity contribution in [2.24, 2.45) is 0 Å². The quantitative estimate of drug-likeness (QED) is 0.844. The Hall–Kier alpha value is -1.68. The van der Waals surface area contributed by atoms with Gasteiger partial charge in [-0.2, -0.15) is 0 Å². The minimum atomic E-state index is 0.785. The van der Waals surface area contributed by atoms with Gasteiger partial charge in [0.25, 0.3) is 0 Å². The number of ether oxygens (including phenoxy) is 1. The molecule has 2 heterocycles. The SMILES string of the molecule is COc1ccc(N2CCc3sccc3C2)c(N)c1. The monoisotopic (exact) mass is 260 g/mol. The summed E-state index contributed by atoms with van der Waals surface area (Å²) in [6, 6.07) is 8.12. The van der Waals surface area contributed by atoms with Crippen LogP contribution in [0.4, 0.5) is 11.4 Å². The molecule has 94 valence electrons. The third-order valence-corrected chi connectivity index (χ3v) is 4.41. The minimum Gasteiger partial charge on any atom is -0.497 e. The average molecular weight is 260 g/mol. The van der Waals surface area contributed by atoms with Crippen molar-refractivity contribution < 1.29 is 4.74 Å². The number of hydrogen-bond donors (Lipinski definition) is 1. The number of rotatable bonds is 2. The van der Waals surface area contributed by atoms with E-state index in [9.17, 15) is 0 Å². The fourth-order valence-corrected chi connectivity index (χ4v) is 3.29. The van der Waals surface area contributed by atoms with Gasteiger partial charge < -0.3 is 15.4 Å². The molecule has 1 aromatic carbocycles. The van der Waals surface area contributed by atoms with Crippen LogP contribution in [0.1, 0.15) is 10.4 Å². The van der Waals surface area contributed by atoms with Gasteiger partial charge in [0.05, 0.1) is 18.5 Å². The first-order valence-corrected chi connectivity index (χ1v) is 6.89. The first kappa shape index (κ1) is 11.4. The van der Waals surface area contributed by atoms with E-state index in [4.69, 9.17) is 10.5 Å². The third-order valence-electron chi connectivity index (χ3n) is 3.38. The lowest BCUT2D eigenvalue weighted by atomic mass is 10.1. The maximum Gasteiger partial charge on any atom is 0.121 e. The molecule has 1 aliphatic rings. The van der Waals surface area contributed by atoms with Gasteiger partial charge in [-0.15, -0.1) is 11.3 Å². The highest BCUT2D eigenvalue weighted by Gasteiger charge is 2.19. The van der Waals surface area contributed by atoms with Gasteiger partial charge >= 0.3 is 0 Å². The molecule has 0 aliphatic carbocycles. The Morgan fingerprint density at radius 1 is 1.33 bits per heavy atom. The highest BCUT2D eigenvalue weighted by molar-refractivity contribution is 7.10. The number of nitrogens with two attached hydrogens (primary N) is 1. The van der Waals surface area contributed by atoms with Crippen LogP contribution in [-0.4, -0.2) is 13.7 Å². The van der Waals surface area contributed by atoms with Gasteiger partial charge in [-0.05, 0) is 35.6 Å². The maximum atomic E-state index is 6.10. The minimum absolute atomic E-state index is 0.785. The Bertz CT molecular complexity index is 565. The molecule has 3 rings (SSSR count). The average Bonchev–Trinajstić information content (AvgIpc) is 2.85. The molecule has 1 aromatic heterocycles. The smallest absolute Gasteiger partial charge is 0.121 e. The Morgan fingerprint density at radius 3 is 3.00 bits per heavy atom. The highest BCUT2D eigenvalue weighted by Crippen LogP contribution is 2.32. The van der Waals surface area contributed by atoms with Crippen LogP contribution in [0.2, 0.25) is 0 Å². The topological polar surface area (TPSA) is 38.5 Å². The Kier molecular flexibility index (Phi) is 2.88. The normalized spacial score (nSPS) is 14.4. The summed E-state index contributed by atoms with van der Waals surface area (Å²) >= 11 is 1.85. The summed E-state index contributed by atoms with van der Waals surface area (Å²) < 4.78 is 5.18. The van der Waals surface area contributed by atoms with E-state index in [2.05, 4.69) is 16.3 Å². The van der Waals surface area contributed by atoms with E-state index in [0.29, 0.717) is 0 Å². The summed E-state index contributed by atoms with van der Waals surface area (Å²) in [4.78, 5) is 3.85. The van der Waals surface area contributed by atoms with Crippen LogP contribution in [-0.2, 0) is 13.0 Å². The van der Waals surface area contributed by atoms with Gasteiger partial charge in [0.15, 0.2) is 0 Å². The van der Waals surface area contributed by atoms with Gasteiger partial charge in [0.1, 0.15) is 5.75 Å². The van der Waals surface area contributed by atoms with Gasteiger partial charge in [0, 0.05) is 24.0 Å². The third kappa shape index (κ3) is 1.93. The predicted molar refractivity (Wildman–Crippen MR) is 76.5 cm³/mol.